The number of carbonyl (C=O) groups excluding carboxylic acids is 1. The molecule has 6 rings (SSSR count). The lowest BCUT2D eigenvalue weighted by atomic mass is 10.1. The Hall–Kier alpha value is -3.72. The van der Waals surface area contributed by atoms with Gasteiger partial charge in [0.15, 0.2) is 11.5 Å². The van der Waals surface area contributed by atoms with E-state index in [1.165, 1.54) is 16.8 Å². The van der Waals surface area contributed by atoms with E-state index in [1.807, 2.05) is 60.0 Å². The molecule has 8 nitrogen and oxygen atoms in total. The lowest BCUT2D eigenvalue weighted by Gasteiger charge is -2.37. The third kappa shape index (κ3) is 6.77. The Bertz CT molecular complexity index is 1550. The second kappa shape index (κ2) is 14.2. The number of halogens is 2. The lowest BCUT2D eigenvalue weighted by Crippen LogP contribution is -2.47. The third-order valence-electron chi connectivity index (χ3n) is 8.19. The van der Waals surface area contributed by atoms with E-state index in [9.17, 15) is 4.79 Å². The Morgan fingerprint density at radius 1 is 0.884 bits per heavy atom. The van der Waals surface area contributed by atoms with Crippen LogP contribution in [0.2, 0.25) is 0 Å². The van der Waals surface area contributed by atoms with Gasteiger partial charge in [-0.2, -0.15) is 0 Å². The van der Waals surface area contributed by atoms with Crippen LogP contribution in [-0.2, 0) is 0 Å². The number of fused-ring (bicyclic) bond motifs is 1. The number of nitrogens with zero attached hydrogens (tertiary/aromatic N) is 4. The van der Waals surface area contributed by atoms with Gasteiger partial charge in [-0.1, -0.05) is 42.5 Å². The Morgan fingerprint density at radius 2 is 1.63 bits per heavy atom. The number of carbonyl (C=O) groups is 1. The van der Waals surface area contributed by atoms with Gasteiger partial charge in [-0.25, -0.2) is 4.98 Å². The first kappa shape index (κ1) is 32.2. The summed E-state index contributed by atoms with van der Waals surface area (Å²) in [5.74, 6) is 1.97. The summed E-state index contributed by atoms with van der Waals surface area (Å²) >= 11 is 0. The number of hydrogen-bond acceptors (Lipinski definition) is 6. The van der Waals surface area contributed by atoms with Crippen molar-refractivity contribution in [2.75, 3.05) is 51.0 Å². The molecule has 0 aliphatic carbocycles. The van der Waals surface area contributed by atoms with Gasteiger partial charge in [-0.15, -0.1) is 24.8 Å². The highest BCUT2D eigenvalue weighted by atomic mass is 35.5. The molecule has 0 radical (unpaired) electrons. The van der Waals surface area contributed by atoms with Crippen molar-refractivity contribution >= 4 is 36.4 Å². The molecule has 2 aliphatic heterocycles. The minimum absolute atomic E-state index is 0. The number of ether oxygens (including phenoxy) is 2. The summed E-state index contributed by atoms with van der Waals surface area (Å²) in [5.41, 5.74) is 7.08. The fraction of sp³-hybridized carbons (Fsp3) is 0.333. The second-order valence-corrected chi connectivity index (χ2v) is 10.8. The predicted octanol–water partition coefficient (Wildman–Crippen LogP) is 5.98. The van der Waals surface area contributed by atoms with E-state index >= 15 is 0 Å². The van der Waals surface area contributed by atoms with Gasteiger partial charge in [0.2, 0.25) is 6.79 Å². The molecular formula is C33H39Cl2N5O3. The van der Waals surface area contributed by atoms with E-state index in [4.69, 9.17) is 14.5 Å². The summed E-state index contributed by atoms with van der Waals surface area (Å²) in [6.07, 6.45) is 0.892. The molecule has 43 heavy (non-hydrogen) atoms. The summed E-state index contributed by atoms with van der Waals surface area (Å²) in [5, 5.41) is 3.12. The second-order valence-electron chi connectivity index (χ2n) is 10.8. The molecule has 0 atom stereocenters. The number of benzene rings is 3. The third-order valence-corrected chi connectivity index (χ3v) is 8.19. The van der Waals surface area contributed by atoms with Gasteiger partial charge in [-0.05, 0) is 63.1 Å². The van der Waals surface area contributed by atoms with Gasteiger partial charge in [0.1, 0.15) is 11.5 Å². The topological polar surface area (TPSA) is 71.9 Å². The summed E-state index contributed by atoms with van der Waals surface area (Å²) in [7, 11) is 0. The van der Waals surface area contributed by atoms with Crippen LogP contribution >= 0.6 is 24.8 Å². The van der Waals surface area contributed by atoms with Gasteiger partial charge >= 0.3 is 0 Å². The predicted molar refractivity (Wildman–Crippen MR) is 176 cm³/mol. The minimum atomic E-state index is -0.154. The van der Waals surface area contributed by atoms with E-state index in [-0.39, 0.29) is 37.5 Å². The maximum absolute atomic E-state index is 13.3. The fourth-order valence-corrected chi connectivity index (χ4v) is 5.72. The number of aryl methyl sites for hydroxylation is 1. The zero-order chi connectivity index (χ0) is 28.3. The summed E-state index contributed by atoms with van der Waals surface area (Å²) in [6, 6.07) is 22.3. The van der Waals surface area contributed by atoms with E-state index in [1.54, 1.807) is 0 Å². The molecule has 1 N–H and O–H groups in total. The summed E-state index contributed by atoms with van der Waals surface area (Å²) < 4.78 is 13.1. The fourth-order valence-electron chi connectivity index (χ4n) is 5.72. The maximum Gasteiger partial charge on any atom is 0.271 e. The molecule has 10 heteroatoms. The number of imidazole rings is 1. The molecule has 0 spiro atoms. The van der Waals surface area contributed by atoms with Crippen molar-refractivity contribution in [2.24, 2.45) is 0 Å². The van der Waals surface area contributed by atoms with Crippen LogP contribution in [0.1, 0.15) is 33.7 Å². The first-order chi connectivity index (χ1) is 20.0. The van der Waals surface area contributed by atoms with Crippen molar-refractivity contribution in [2.45, 2.75) is 27.2 Å². The van der Waals surface area contributed by atoms with Gasteiger partial charge in [0.05, 0.1) is 11.4 Å². The number of amides is 1. The van der Waals surface area contributed by atoms with Gasteiger partial charge in [0, 0.05) is 50.0 Å². The zero-order valence-electron chi connectivity index (χ0n) is 24.8. The van der Waals surface area contributed by atoms with Crippen LogP contribution in [0.15, 0.2) is 66.7 Å². The summed E-state index contributed by atoms with van der Waals surface area (Å²) in [4.78, 5) is 23.1. The van der Waals surface area contributed by atoms with Crippen LogP contribution in [0.3, 0.4) is 0 Å². The molecule has 3 heterocycles. The highest BCUT2D eigenvalue weighted by Crippen LogP contribution is 2.36. The van der Waals surface area contributed by atoms with Gasteiger partial charge < -0.3 is 19.7 Å². The molecule has 1 aromatic heterocycles. The molecule has 0 saturated carbocycles. The number of nitrogens with one attached hydrogen (secondary N) is 1. The monoisotopic (exact) mass is 623 g/mol. The van der Waals surface area contributed by atoms with Crippen molar-refractivity contribution in [1.29, 1.82) is 0 Å². The normalized spacial score (nSPS) is 14.2. The van der Waals surface area contributed by atoms with Crippen LogP contribution in [0.4, 0.5) is 5.69 Å². The molecular weight excluding hydrogens is 585 g/mol. The number of aromatic nitrogens is 2. The average molecular weight is 625 g/mol. The van der Waals surface area contributed by atoms with Crippen LogP contribution in [0, 0.1) is 20.8 Å². The minimum Gasteiger partial charge on any atom is -0.454 e. The molecule has 228 valence electrons. The van der Waals surface area contributed by atoms with Crippen LogP contribution in [0.5, 0.6) is 11.5 Å². The van der Waals surface area contributed by atoms with Crippen molar-refractivity contribution in [3.8, 4) is 28.6 Å². The molecule has 1 saturated heterocycles. The molecule has 1 fully saturated rings. The van der Waals surface area contributed by atoms with Crippen molar-refractivity contribution < 1.29 is 14.3 Å². The first-order valence-corrected chi connectivity index (χ1v) is 14.4. The maximum atomic E-state index is 13.3. The van der Waals surface area contributed by atoms with Gasteiger partial charge in [0.25, 0.3) is 5.91 Å². The highest BCUT2D eigenvalue weighted by Gasteiger charge is 2.24. The number of anilines is 1. The van der Waals surface area contributed by atoms with E-state index in [0.717, 1.165) is 61.8 Å². The first-order valence-electron chi connectivity index (χ1n) is 14.4. The number of rotatable bonds is 8. The van der Waals surface area contributed by atoms with Crippen LogP contribution in [0.25, 0.3) is 17.1 Å². The van der Waals surface area contributed by atoms with Gasteiger partial charge in [-0.3, -0.25) is 14.3 Å². The van der Waals surface area contributed by atoms with Crippen molar-refractivity contribution in [3.05, 3.63) is 89.2 Å². The lowest BCUT2D eigenvalue weighted by molar-refractivity contribution is 0.0946. The van der Waals surface area contributed by atoms with Crippen LogP contribution < -0.4 is 19.7 Å². The number of piperazine rings is 1. The smallest absolute Gasteiger partial charge is 0.271 e. The Kier molecular flexibility index (Phi) is 10.6. The largest absolute Gasteiger partial charge is 0.454 e. The number of hydrogen-bond donors (Lipinski definition) is 1. The average Bonchev–Trinajstić information content (AvgIpc) is 3.61. The SMILES string of the molecule is Cc1cccc(N2CCN(CCCNC(=O)c3nc(-c4ccccc4)n(-c4ccc5c(c4)OCO5)c3C)CC2)c1C.Cl.Cl. The quantitative estimate of drug-likeness (QED) is 0.244. The summed E-state index contributed by atoms with van der Waals surface area (Å²) in [6.45, 7) is 12.2. The molecule has 2 aliphatic rings. The van der Waals surface area contributed by atoms with E-state index in [2.05, 4.69) is 47.2 Å². The Balaban J connectivity index is 0.00000212. The molecule has 3 aromatic carbocycles. The Morgan fingerprint density at radius 3 is 2.40 bits per heavy atom. The van der Waals surface area contributed by atoms with E-state index < -0.39 is 0 Å². The zero-order valence-corrected chi connectivity index (χ0v) is 26.5. The molecule has 1 amide bonds. The Labute approximate surface area is 265 Å². The molecule has 0 unspecified atom stereocenters. The van der Waals surface area contributed by atoms with E-state index in [0.29, 0.717) is 23.8 Å². The van der Waals surface area contributed by atoms with Crippen molar-refractivity contribution in [1.82, 2.24) is 19.8 Å². The molecule has 4 aromatic rings. The standard InChI is InChI=1S/C33H37N5O3.2ClH/c1-23-9-7-12-28(24(23)2)37-19-17-36(18-20-37)16-8-15-34-33(39)31-25(3)38(32(35-31)26-10-5-4-6-11-26)27-13-14-29-30(21-27)41-22-40-29;;/h4-7,9-14,21H,8,15-20,22H2,1-3H3,(H,34,39);2*1H. The van der Waals surface area contributed by atoms with Crippen LogP contribution in [-0.4, -0.2) is 66.4 Å². The van der Waals surface area contributed by atoms with Crippen molar-refractivity contribution in [3.63, 3.8) is 0 Å². The highest BCUT2D eigenvalue weighted by molar-refractivity contribution is 5.94. The molecule has 0 bridgehead atoms.